The lowest BCUT2D eigenvalue weighted by molar-refractivity contribution is 0.411. The Labute approximate surface area is 123 Å². The Bertz CT molecular complexity index is 731. The van der Waals surface area contributed by atoms with Gasteiger partial charge in [0, 0.05) is 29.4 Å². The van der Waals surface area contributed by atoms with E-state index >= 15 is 0 Å². The van der Waals surface area contributed by atoms with E-state index in [9.17, 15) is 0 Å². The van der Waals surface area contributed by atoms with Gasteiger partial charge in [-0.3, -0.25) is 4.98 Å². The molecule has 0 spiro atoms. The second-order valence-corrected chi connectivity index (χ2v) is 5.53. The van der Waals surface area contributed by atoms with Crippen molar-refractivity contribution >= 4 is 0 Å². The molecule has 21 heavy (non-hydrogen) atoms. The van der Waals surface area contributed by atoms with E-state index in [1.165, 1.54) is 36.1 Å². The molecule has 1 aliphatic carbocycles. The molecular weight excluding hydrogens is 260 g/mol. The first-order chi connectivity index (χ1) is 10.4. The highest BCUT2D eigenvalue weighted by Gasteiger charge is 2.22. The summed E-state index contributed by atoms with van der Waals surface area (Å²) in [6.07, 6.45) is 7.42. The first-order valence-corrected chi connectivity index (χ1v) is 7.38. The van der Waals surface area contributed by atoms with Gasteiger partial charge in [-0.1, -0.05) is 41.9 Å². The quantitative estimate of drug-likeness (QED) is 0.697. The number of pyridine rings is 1. The maximum atomic E-state index is 5.33. The van der Waals surface area contributed by atoms with Crippen molar-refractivity contribution in [3.8, 4) is 22.5 Å². The lowest BCUT2D eigenvalue weighted by Crippen LogP contribution is -2.10. The number of hydrogen-bond donors (Lipinski definition) is 0. The number of aromatic nitrogens is 2. The van der Waals surface area contributed by atoms with Crippen molar-refractivity contribution in [2.75, 3.05) is 0 Å². The molecule has 3 nitrogen and oxygen atoms in total. The first kappa shape index (κ1) is 12.3. The van der Waals surface area contributed by atoms with Gasteiger partial charge in [-0.25, -0.2) is 0 Å². The molecule has 104 valence electrons. The summed E-state index contributed by atoms with van der Waals surface area (Å²) in [5.74, 6) is 1.39. The van der Waals surface area contributed by atoms with E-state index in [1.807, 2.05) is 18.3 Å². The lowest BCUT2D eigenvalue weighted by Gasteiger charge is -2.25. The van der Waals surface area contributed by atoms with Crippen LogP contribution < -0.4 is 0 Å². The predicted octanol–water partition coefficient (Wildman–Crippen LogP) is 4.67. The van der Waals surface area contributed by atoms with Gasteiger partial charge < -0.3 is 4.52 Å². The van der Waals surface area contributed by atoms with Gasteiger partial charge in [0.15, 0.2) is 5.76 Å². The van der Waals surface area contributed by atoms with Gasteiger partial charge in [0.2, 0.25) is 0 Å². The Morgan fingerprint density at radius 2 is 1.86 bits per heavy atom. The minimum Gasteiger partial charge on any atom is -0.356 e. The highest BCUT2D eigenvalue weighted by molar-refractivity contribution is 5.80. The third-order valence-electron chi connectivity index (χ3n) is 4.24. The summed E-state index contributed by atoms with van der Waals surface area (Å²) >= 11 is 0. The fourth-order valence-corrected chi connectivity index (χ4v) is 2.81. The summed E-state index contributed by atoms with van der Waals surface area (Å²) in [5.41, 5.74) is 4.56. The van der Waals surface area contributed by atoms with Gasteiger partial charge in [0.05, 0.1) is 6.20 Å². The minimum atomic E-state index is 0.622. The van der Waals surface area contributed by atoms with Crippen molar-refractivity contribution in [1.29, 1.82) is 0 Å². The summed E-state index contributed by atoms with van der Waals surface area (Å²) in [6.45, 7) is 0. The van der Waals surface area contributed by atoms with Gasteiger partial charge in [-0.15, -0.1) is 0 Å². The van der Waals surface area contributed by atoms with Crippen molar-refractivity contribution in [2.24, 2.45) is 0 Å². The molecule has 2 heterocycles. The van der Waals surface area contributed by atoms with Crippen LogP contribution in [-0.2, 0) is 0 Å². The minimum absolute atomic E-state index is 0.622. The largest absolute Gasteiger partial charge is 0.356 e. The fourth-order valence-electron chi connectivity index (χ4n) is 2.81. The predicted molar refractivity (Wildman–Crippen MR) is 81.8 cm³/mol. The summed E-state index contributed by atoms with van der Waals surface area (Å²) in [6, 6.07) is 14.5. The van der Waals surface area contributed by atoms with Gasteiger partial charge in [0.25, 0.3) is 0 Å². The van der Waals surface area contributed by atoms with Crippen LogP contribution in [0.15, 0.2) is 59.4 Å². The van der Waals surface area contributed by atoms with Gasteiger partial charge >= 0.3 is 0 Å². The van der Waals surface area contributed by atoms with Crippen molar-refractivity contribution in [3.63, 3.8) is 0 Å². The molecule has 0 saturated heterocycles. The van der Waals surface area contributed by atoms with Gasteiger partial charge in [-0.05, 0) is 30.0 Å². The molecule has 0 amide bonds. The summed E-state index contributed by atoms with van der Waals surface area (Å²) in [4.78, 5) is 4.66. The van der Waals surface area contributed by atoms with Crippen molar-refractivity contribution < 1.29 is 4.52 Å². The topological polar surface area (TPSA) is 38.9 Å². The average molecular weight is 276 g/mol. The van der Waals surface area contributed by atoms with E-state index < -0.39 is 0 Å². The van der Waals surface area contributed by atoms with Crippen LogP contribution in [0.5, 0.6) is 0 Å². The van der Waals surface area contributed by atoms with Crippen LogP contribution in [0.25, 0.3) is 22.5 Å². The number of rotatable bonds is 3. The van der Waals surface area contributed by atoms with Crippen LogP contribution in [-0.4, -0.2) is 10.1 Å². The molecule has 2 aromatic heterocycles. The normalized spacial score (nSPS) is 14.9. The van der Waals surface area contributed by atoms with E-state index in [0.717, 1.165) is 11.3 Å². The van der Waals surface area contributed by atoms with Crippen molar-refractivity contribution in [3.05, 3.63) is 60.6 Å². The number of hydrogen-bond acceptors (Lipinski definition) is 3. The molecule has 1 fully saturated rings. The highest BCUT2D eigenvalue weighted by atomic mass is 16.5. The molecular formula is C18H16N2O. The Morgan fingerprint density at radius 1 is 1.00 bits per heavy atom. The Balaban J connectivity index is 1.86. The molecule has 0 N–H and O–H groups in total. The average Bonchev–Trinajstić information content (AvgIpc) is 3.00. The zero-order chi connectivity index (χ0) is 14.1. The molecule has 0 unspecified atom stereocenters. The standard InChI is InChI=1S/C18H16N2O/c1-2-5-13(6-3-1)15-11-17(14-7-4-8-14)19-12-16(15)18-9-10-20-21-18/h1-3,5-6,9-12,14H,4,7-8H2. The molecule has 0 aliphatic heterocycles. The zero-order valence-corrected chi connectivity index (χ0v) is 11.7. The summed E-state index contributed by atoms with van der Waals surface area (Å²) in [5, 5.41) is 3.82. The van der Waals surface area contributed by atoms with E-state index in [4.69, 9.17) is 4.52 Å². The monoisotopic (exact) mass is 276 g/mol. The van der Waals surface area contributed by atoms with Crippen LogP contribution in [0.1, 0.15) is 30.9 Å². The lowest BCUT2D eigenvalue weighted by atomic mass is 9.81. The third kappa shape index (κ3) is 2.25. The molecule has 0 radical (unpaired) electrons. The second kappa shape index (κ2) is 5.17. The van der Waals surface area contributed by atoms with Crippen molar-refractivity contribution in [1.82, 2.24) is 10.1 Å². The van der Waals surface area contributed by atoms with Crippen LogP contribution in [0.4, 0.5) is 0 Å². The Kier molecular flexibility index (Phi) is 3.03. The SMILES string of the molecule is c1ccc(-c2cc(C3CCC3)ncc2-c2ccno2)cc1. The van der Waals surface area contributed by atoms with E-state index in [1.54, 1.807) is 6.20 Å². The van der Waals surface area contributed by atoms with Gasteiger partial charge in [-0.2, -0.15) is 0 Å². The van der Waals surface area contributed by atoms with E-state index in [0.29, 0.717) is 5.92 Å². The van der Waals surface area contributed by atoms with Crippen LogP contribution >= 0.6 is 0 Å². The molecule has 4 rings (SSSR count). The smallest absolute Gasteiger partial charge is 0.168 e. The van der Waals surface area contributed by atoms with Crippen LogP contribution in [0, 0.1) is 0 Å². The molecule has 1 saturated carbocycles. The fraction of sp³-hybridized carbons (Fsp3) is 0.222. The van der Waals surface area contributed by atoms with Crippen LogP contribution in [0.2, 0.25) is 0 Å². The molecule has 0 atom stereocenters. The van der Waals surface area contributed by atoms with Crippen molar-refractivity contribution in [2.45, 2.75) is 25.2 Å². The zero-order valence-electron chi connectivity index (χ0n) is 11.7. The maximum Gasteiger partial charge on any atom is 0.168 e. The summed E-state index contributed by atoms with van der Waals surface area (Å²) in [7, 11) is 0. The second-order valence-electron chi connectivity index (χ2n) is 5.53. The Hall–Kier alpha value is -2.42. The van der Waals surface area contributed by atoms with E-state index in [-0.39, 0.29) is 0 Å². The number of benzene rings is 1. The van der Waals surface area contributed by atoms with E-state index in [2.05, 4.69) is 40.5 Å². The molecule has 3 aromatic rings. The van der Waals surface area contributed by atoms with Crippen LogP contribution in [0.3, 0.4) is 0 Å². The Morgan fingerprint density at radius 3 is 2.52 bits per heavy atom. The maximum absolute atomic E-state index is 5.33. The molecule has 0 bridgehead atoms. The highest BCUT2D eigenvalue weighted by Crippen LogP contribution is 2.39. The molecule has 3 heteroatoms. The molecule has 1 aromatic carbocycles. The third-order valence-corrected chi connectivity index (χ3v) is 4.24. The van der Waals surface area contributed by atoms with Gasteiger partial charge in [0.1, 0.15) is 0 Å². The molecule has 1 aliphatic rings. The first-order valence-electron chi connectivity index (χ1n) is 7.38. The summed E-state index contributed by atoms with van der Waals surface area (Å²) < 4.78 is 5.33. The number of nitrogens with zero attached hydrogens (tertiary/aromatic N) is 2.